The number of halogens is 2. The number of aryl methyl sites for hydroxylation is 2. The van der Waals surface area contributed by atoms with Crippen LogP contribution in [0.2, 0.25) is 0 Å². The first-order chi connectivity index (χ1) is 11.4. The lowest BCUT2D eigenvalue weighted by molar-refractivity contribution is -0.156. The summed E-state index contributed by atoms with van der Waals surface area (Å²) in [5.41, 5.74) is 3.02. The maximum atomic E-state index is 13.8. The molecule has 0 bridgehead atoms. The van der Waals surface area contributed by atoms with Crippen LogP contribution in [0.25, 0.3) is 0 Å². The van der Waals surface area contributed by atoms with Crippen LogP contribution in [0.1, 0.15) is 15.9 Å². The Balaban J connectivity index is 2.30. The van der Waals surface area contributed by atoms with E-state index in [0.29, 0.717) is 5.56 Å². The van der Waals surface area contributed by atoms with Crippen molar-refractivity contribution in [3.8, 4) is 0 Å². The van der Waals surface area contributed by atoms with Crippen LogP contribution in [0.3, 0.4) is 0 Å². The van der Waals surface area contributed by atoms with Crippen molar-refractivity contribution in [3.63, 3.8) is 0 Å². The Hall–Kier alpha value is -1.85. The molecule has 130 valence electrons. The molecular weight excluding hydrogens is 432 g/mol. The summed E-state index contributed by atoms with van der Waals surface area (Å²) in [6, 6.07) is 1.43. The zero-order valence-electron chi connectivity index (χ0n) is 13.1. The second-order valence-electron chi connectivity index (χ2n) is 4.89. The van der Waals surface area contributed by atoms with Crippen molar-refractivity contribution in [2.75, 3.05) is 13.2 Å². The van der Waals surface area contributed by atoms with Gasteiger partial charge in [-0.25, -0.2) is 9.23 Å². The van der Waals surface area contributed by atoms with Crippen molar-refractivity contribution in [1.82, 2.24) is 15.2 Å². The first-order valence-electron chi connectivity index (χ1n) is 6.97. The SMILES string of the molecule is Cc1cc(C(=O)N(NC2=C(F)C=IC=C2)OCCO)cn(C)c1=O. The topological polar surface area (TPSA) is 83.8 Å². The number of nitrogens with zero attached hydrogens (tertiary/aromatic N) is 2. The largest absolute Gasteiger partial charge is 0.394 e. The number of carbonyl (C=O) groups is 1. The average Bonchev–Trinajstić information content (AvgIpc) is 2.57. The molecule has 9 heteroatoms. The Morgan fingerprint density at radius 3 is 2.92 bits per heavy atom. The van der Waals surface area contributed by atoms with E-state index in [1.807, 2.05) is 4.08 Å². The van der Waals surface area contributed by atoms with Gasteiger partial charge in [0.2, 0.25) is 0 Å². The van der Waals surface area contributed by atoms with Crippen molar-refractivity contribution >= 4 is 30.6 Å². The molecule has 1 aromatic heterocycles. The third kappa shape index (κ3) is 4.36. The van der Waals surface area contributed by atoms with E-state index in [9.17, 15) is 14.0 Å². The van der Waals surface area contributed by atoms with Gasteiger partial charge >= 0.3 is 0 Å². The maximum absolute atomic E-state index is 13.8. The molecule has 2 N–H and O–H groups in total. The lowest BCUT2D eigenvalue weighted by atomic mass is 10.2. The molecule has 2 rings (SSSR count). The Morgan fingerprint density at radius 2 is 2.29 bits per heavy atom. The molecule has 0 spiro atoms. The van der Waals surface area contributed by atoms with E-state index in [1.165, 1.54) is 34.0 Å². The monoisotopic (exact) mass is 449 g/mol. The summed E-state index contributed by atoms with van der Waals surface area (Å²) >= 11 is -0.464. The third-order valence-electron chi connectivity index (χ3n) is 3.05. The Morgan fingerprint density at radius 1 is 1.54 bits per heavy atom. The highest BCUT2D eigenvalue weighted by atomic mass is 127. The number of aliphatic hydroxyl groups is 1. The number of amides is 1. The molecule has 2 heterocycles. The van der Waals surface area contributed by atoms with Crippen LogP contribution in [0, 0.1) is 6.92 Å². The number of hydrazine groups is 1. The van der Waals surface area contributed by atoms with Crippen molar-refractivity contribution < 1.29 is 19.1 Å². The summed E-state index contributed by atoms with van der Waals surface area (Å²) in [4.78, 5) is 29.5. The van der Waals surface area contributed by atoms with E-state index in [-0.39, 0.29) is 30.0 Å². The second kappa shape index (κ2) is 8.31. The van der Waals surface area contributed by atoms with Crippen LogP contribution in [0.15, 0.2) is 38.7 Å². The Bertz CT molecular complexity index is 759. The van der Waals surface area contributed by atoms with Gasteiger partial charge in [-0.3, -0.25) is 15.0 Å². The average molecular weight is 449 g/mol. The summed E-state index contributed by atoms with van der Waals surface area (Å²) in [7, 11) is 1.53. The van der Waals surface area contributed by atoms with Gasteiger partial charge in [0.05, 0.1) is 17.9 Å². The van der Waals surface area contributed by atoms with Crippen molar-refractivity contribution in [2.45, 2.75) is 6.92 Å². The molecule has 0 aromatic carbocycles. The van der Waals surface area contributed by atoms with Crippen molar-refractivity contribution in [2.24, 2.45) is 7.05 Å². The molecule has 24 heavy (non-hydrogen) atoms. The summed E-state index contributed by atoms with van der Waals surface area (Å²) < 4.78 is 18.4. The van der Waals surface area contributed by atoms with Crippen LogP contribution in [0.5, 0.6) is 0 Å². The Labute approximate surface area is 147 Å². The number of nitrogens with one attached hydrogen (secondary N) is 1. The normalized spacial score (nSPS) is 13.7. The minimum absolute atomic E-state index is 0.0915. The van der Waals surface area contributed by atoms with E-state index in [1.54, 1.807) is 6.92 Å². The smallest absolute Gasteiger partial charge is 0.298 e. The third-order valence-corrected chi connectivity index (χ3v) is 4.73. The minimum Gasteiger partial charge on any atom is -0.394 e. The van der Waals surface area contributed by atoms with Gasteiger partial charge in [0.15, 0.2) is 5.83 Å². The zero-order chi connectivity index (χ0) is 17.7. The summed E-state index contributed by atoms with van der Waals surface area (Å²) in [6.07, 6.45) is 2.91. The molecule has 0 unspecified atom stereocenters. The second-order valence-corrected chi connectivity index (χ2v) is 6.95. The molecule has 0 saturated heterocycles. The predicted molar refractivity (Wildman–Crippen MR) is 96.1 cm³/mol. The highest BCUT2D eigenvalue weighted by Crippen LogP contribution is 2.16. The van der Waals surface area contributed by atoms with E-state index >= 15 is 0 Å². The van der Waals surface area contributed by atoms with Gasteiger partial charge in [0.1, 0.15) is 6.61 Å². The number of rotatable bonds is 6. The first kappa shape index (κ1) is 18.5. The van der Waals surface area contributed by atoms with Crippen LogP contribution < -0.4 is 11.0 Å². The highest BCUT2D eigenvalue weighted by Gasteiger charge is 2.20. The van der Waals surface area contributed by atoms with Gasteiger partial charge in [-0.15, -0.1) is 5.17 Å². The molecule has 0 saturated carbocycles. The molecule has 1 aliphatic heterocycles. The van der Waals surface area contributed by atoms with Crippen LogP contribution in [-0.4, -0.2) is 38.0 Å². The van der Waals surface area contributed by atoms with Gasteiger partial charge in [-0.2, -0.15) is 0 Å². The number of hydrogen-bond donors (Lipinski definition) is 2. The fraction of sp³-hybridized carbons (Fsp3) is 0.267. The molecule has 0 fully saturated rings. The minimum atomic E-state index is -0.615. The molecule has 0 aliphatic carbocycles. The molecule has 7 nitrogen and oxygen atoms in total. The molecular formula is C15H17FIN3O4. The molecule has 1 aromatic rings. The van der Waals surface area contributed by atoms with Crippen LogP contribution in [-0.2, 0) is 11.9 Å². The van der Waals surface area contributed by atoms with Gasteiger partial charge in [0, 0.05) is 22.8 Å². The van der Waals surface area contributed by atoms with Gasteiger partial charge in [0.25, 0.3) is 11.5 Å². The quantitative estimate of drug-likeness (QED) is 0.501. The standard InChI is InChI=1S/C15H17FIN3O4/c1-10-7-11(9-19(2)14(10)22)15(23)20(24-6-5-21)18-13-3-4-17-8-12(13)16/h3-4,7-9,18,21H,5-6H2,1-2H3. The van der Waals surface area contributed by atoms with Crippen molar-refractivity contribution in [3.05, 3.63) is 55.4 Å². The highest BCUT2D eigenvalue weighted by molar-refractivity contribution is 14.2. The lowest BCUT2D eigenvalue weighted by Gasteiger charge is -2.24. The number of aliphatic hydroxyl groups excluding tert-OH is 1. The van der Waals surface area contributed by atoms with Gasteiger partial charge in [-0.05, 0) is 23.1 Å². The zero-order valence-corrected chi connectivity index (χ0v) is 15.3. The van der Waals surface area contributed by atoms with Crippen LogP contribution >= 0.6 is 20.7 Å². The molecule has 0 atom stereocenters. The number of carbonyl (C=O) groups excluding carboxylic acids is 1. The van der Waals surface area contributed by atoms with E-state index in [2.05, 4.69) is 5.43 Å². The molecule has 1 amide bonds. The van der Waals surface area contributed by atoms with E-state index < -0.39 is 32.5 Å². The van der Waals surface area contributed by atoms with Crippen molar-refractivity contribution in [1.29, 1.82) is 0 Å². The number of hydrogen-bond acceptors (Lipinski definition) is 5. The fourth-order valence-corrected chi connectivity index (χ4v) is 3.34. The lowest BCUT2D eigenvalue weighted by Crippen LogP contribution is -2.43. The van der Waals surface area contributed by atoms with Gasteiger partial charge in [-0.1, -0.05) is 20.7 Å². The predicted octanol–water partition coefficient (Wildman–Crippen LogP) is 1.05. The summed E-state index contributed by atoms with van der Waals surface area (Å²) in [5, 5.41) is 9.67. The van der Waals surface area contributed by atoms with Gasteiger partial charge < -0.3 is 9.67 Å². The number of aromatic nitrogens is 1. The summed E-state index contributed by atoms with van der Waals surface area (Å²) in [5.74, 6) is -1.08. The Kier molecular flexibility index (Phi) is 6.40. The number of hydroxylamine groups is 1. The summed E-state index contributed by atoms with van der Waals surface area (Å²) in [6.45, 7) is 1.13. The molecule has 0 radical (unpaired) electrons. The molecule has 1 aliphatic rings. The fourth-order valence-electron chi connectivity index (χ4n) is 1.92. The first-order valence-corrected chi connectivity index (χ1v) is 9.47. The number of pyridine rings is 1. The van der Waals surface area contributed by atoms with Crippen LogP contribution in [0.4, 0.5) is 4.39 Å². The maximum Gasteiger partial charge on any atom is 0.298 e. The van der Waals surface area contributed by atoms with E-state index in [4.69, 9.17) is 9.94 Å². The van der Waals surface area contributed by atoms with E-state index in [0.717, 1.165) is 5.17 Å². The number of allylic oxidation sites excluding steroid dienone is 2.